The minimum absolute atomic E-state index is 0.0823. The molecular formula is C16H10BrF3N2O2. The number of carbonyl (C=O) groups is 1. The second-order valence-corrected chi connectivity index (χ2v) is 5.96. The number of hydrogen-bond donors (Lipinski definition) is 0. The van der Waals surface area contributed by atoms with E-state index in [-0.39, 0.29) is 5.69 Å². The SMILES string of the molecule is CN(C(=O)C(F)(F)F)c1ccc2oc(-c3cccc(Br)c3)nc2c1. The lowest BCUT2D eigenvalue weighted by Gasteiger charge is -2.18. The highest BCUT2D eigenvalue weighted by atomic mass is 79.9. The van der Waals surface area contributed by atoms with Gasteiger partial charge in [0, 0.05) is 22.8 Å². The predicted octanol–water partition coefficient (Wildman–Crippen LogP) is 4.78. The lowest BCUT2D eigenvalue weighted by atomic mass is 10.2. The van der Waals surface area contributed by atoms with E-state index in [4.69, 9.17) is 4.42 Å². The van der Waals surface area contributed by atoms with Crippen LogP contribution in [-0.4, -0.2) is 24.1 Å². The van der Waals surface area contributed by atoms with Crippen LogP contribution in [0, 0.1) is 0 Å². The number of carbonyl (C=O) groups excluding carboxylic acids is 1. The molecule has 0 fully saturated rings. The number of benzene rings is 2. The van der Waals surface area contributed by atoms with Crippen molar-refractivity contribution in [1.82, 2.24) is 4.98 Å². The molecule has 0 radical (unpaired) electrons. The van der Waals surface area contributed by atoms with E-state index >= 15 is 0 Å². The van der Waals surface area contributed by atoms with Gasteiger partial charge in [0.05, 0.1) is 0 Å². The first-order valence-corrected chi connectivity index (χ1v) is 7.56. The van der Waals surface area contributed by atoms with E-state index in [1.54, 1.807) is 6.07 Å². The molecule has 0 saturated heterocycles. The highest BCUT2D eigenvalue weighted by molar-refractivity contribution is 9.10. The molecule has 0 unspecified atom stereocenters. The first-order chi connectivity index (χ1) is 11.3. The van der Waals surface area contributed by atoms with Crippen LogP contribution in [0.3, 0.4) is 0 Å². The van der Waals surface area contributed by atoms with E-state index < -0.39 is 12.1 Å². The monoisotopic (exact) mass is 398 g/mol. The maximum atomic E-state index is 12.5. The average Bonchev–Trinajstić information content (AvgIpc) is 2.95. The summed E-state index contributed by atoms with van der Waals surface area (Å²) in [6.07, 6.45) is -4.94. The molecule has 0 bridgehead atoms. The third-order valence-corrected chi connectivity index (χ3v) is 3.87. The molecule has 0 spiro atoms. The molecule has 1 aromatic heterocycles. The summed E-state index contributed by atoms with van der Waals surface area (Å²) in [5.41, 5.74) is 1.59. The Morgan fingerprint density at radius 3 is 2.62 bits per heavy atom. The van der Waals surface area contributed by atoms with E-state index in [2.05, 4.69) is 20.9 Å². The lowest BCUT2D eigenvalue weighted by molar-refractivity contribution is -0.170. The van der Waals surface area contributed by atoms with E-state index in [0.717, 1.165) is 17.1 Å². The molecule has 1 heterocycles. The molecule has 24 heavy (non-hydrogen) atoms. The molecule has 4 nitrogen and oxygen atoms in total. The average molecular weight is 399 g/mol. The van der Waals surface area contributed by atoms with Crippen LogP contribution in [-0.2, 0) is 4.79 Å². The first kappa shape index (κ1) is 16.5. The number of amides is 1. The summed E-state index contributed by atoms with van der Waals surface area (Å²) in [6.45, 7) is 0. The molecular weight excluding hydrogens is 389 g/mol. The fourth-order valence-electron chi connectivity index (χ4n) is 2.18. The Hall–Kier alpha value is -2.35. The molecule has 0 atom stereocenters. The van der Waals surface area contributed by atoms with Crippen molar-refractivity contribution in [2.24, 2.45) is 0 Å². The number of rotatable bonds is 2. The Balaban J connectivity index is 1.99. The molecule has 1 amide bonds. The Morgan fingerprint density at radius 1 is 1.21 bits per heavy atom. The van der Waals surface area contributed by atoms with Gasteiger partial charge in [0.1, 0.15) is 5.52 Å². The van der Waals surface area contributed by atoms with Gasteiger partial charge in [0.2, 0.25) is 5.89 Å². The van der Waals surface area contributed by atoms with Gasteiger partial charge in [-0.3, -0.25) is 4.79 Å². The largest absolute Gasteiger partial charge is 0.471 e. The van der Waals surface area contributed by atoms with Crippen molar-refractivity contribution in [3.63, 3.8) is 0 Å². The fraction of sp³-hybridized carbons (Fsp3) is 0.125. The summed E-state index contributed by atoms with van der Waals surface area (Å²) in [5.74, 6) is -1.61. The van der Waals surface area contributed by atoms with Crippen molar-refractivity contribution >= 4 is 38.6 Å². The summed E-state index contributed by atoms with van der Waals surface area (Å²) in [6, 6.07) is 11.5. The van der Waals surface area contributed by atoms with Crippen LogP contribution in [0.25, 0.3) is 22.6 Å². The van der Waals surface area contributed by atoms with Crippen LogP contribution in [0.1, 0.15) is 0 Å². The number of anilines is 1. The molecule has 8 heteroatoms. The van der Waals surface area contributed by atoms with Gasteiger partial charge in [-0.15, -0.1) is 0 Å². The van der Waals surface area contributed by atoms with Crippen LogP contribution in [0.2, 0.25) is 0 Å². The summed E-state index contributed by atoms with van der Waals surface area (Å²) in [4.78, 5) is 16.1. The number of hydrogen-bond acceptors (Lipinski definition) is 3. The molecule has 0 N–H and O–H groups in total. The molecule has 0 saturated carbocycles. The Bertz CT molecular complexity index is 921. The molecule has 0 aliphatic rings. The Kier molecular flexibility index (Phi) is 4.08. The third-order valence-electron chi connectivity index (χ3n) is 3.38. The zero-order valence-corrected chi connectivity index (χ0v) is 13.9. The predicted molar refractivity (Wildman–Crippen MR) is 86.6 cm³/mol. The molecule has 124 valence electrons. The van der Waals surface area contributed by atoms with Crippen molar-refractivity contribution in [3.05, 3.63) is 46.9 Å². The number of oxazole rings is 1. The summed E-state index contributed by atoms with van der Waals surface area (Å²) in [5, 5.41) is 0. The zero-order valence-electron chi connectivity index (χ0n) is 12.3. The number of fused-ring (bicyclic) bond motifs is 1. The summed E-state index contributed by atoms with van der Waals surface area (Å²) in [7, 11) is 1.06. The van der Waals surface area contributed by atoms with E-state index in [9.17, 15) is 18.0 Å². The number of aromatic nitrogens is 1. The highest BCUT2D eigenvalue weighted by Crippen LogP contribution is 2.29. The van der Waals surface area contributed by atoms with Gasteiger partial charge >= 0.3 is 12.1 Å². The number of halogens is 4. The smallest absolute Gasteiger partial charge is 0.436 e. The Labute approximate surface area is 143 Å². The quantitative estimate of drug-likeness (QED) is 0.623. The van der Waals surface area contributed by atoms with Crippen molar-refractivity contribution in [2.45, 2.75) is 6.18 Å². The van der Waals surface area contributed by atoms with Gasteiger partial charge in [0.25, 0.3) is 0 Å². The topological polar surface area (TPSA) is 46.3 Å². The van der Waals surface area contributed by atoms with Crippen LogP contribution in [0.4, 0.5) is 18.9 Å². The second kappa shape index (κ2) is 5.94. The van der Waals surface area contributed by atoms with E-state index in [1.165, 1.54) is 18.2 Å². The fourth-order valence-corrected chi connectivity index (χ4v) is 2.58. The minimum Gasteiger partial charge on any atom is -0.436 e. The van der Waals surface area contributed by atoms with Crippen molar-refractivity contribution in [3.8, 4) is 11.5 Å². The second-order valence-electron chi connectivity index (χ2n) is 5.04. The third kappa shape index (κ3) is 3.14. The normalized spacial score (nSPS) is 11.7. The van der Waals surface area contributed by atoms with Crippen LogP contribution >= 0.6 is 15.9 Å². The standard InChI is InChI=1S/C16H10BrF3N2O2/c1-22(15(23)16(18,19)20)11-5-6-13-12(8-11)21-14(24-13)9-3-2-4-10(17)7-9/h2-8H,1H3. The van der Waals surface area contributed by atoms with Crippen LogP contribution in [0.5, 0.6) is 0 Å². The molecule has 2 aromatic carbocycles. The van der Waals surface area contributed by atoms with E-state index in [0.29, 0.717) is 21.9 Å². The Morgan fingerprint density at radius 2 is 1.96 bits per heavy atom. The maximum absolute atomic E-state index is 12.5. The van der Waals surface area contributed by atoms with Crippen molar-refractivity contribution in [2.75, 3.05) is 11.9 Å². The zero-order chi connectivity index (χ0) is 17.5. The van der Waals surface area contributed by atoms with Gasteiger partial charge in [-0.05, 0) is 36.4 Å². The van der Waals surface area contributed by atoms with E-state index in [1.807, 2.05) is 18.2 Å². The summed E-state index contributed by atoms with van der Waals surface area (Å²) < 4.78 is 44.1. The first-order valence-electron chi connectivity index (χ1n) is 6.77. The van der Waals surface area contributed by atoms with Crippen LogP contribution in [0.15, 0.2) is 51.4 Å². The van der Waals surface area contributed by atoms with Gasteiger partial charge in [0.15, 0.2) is 5.58 Å². The van der Waals surface area contributed by atoms with Gasteiger partial charge in [-0.25, -0.2) is 4.98 Å². The van der Waals surface area contributed by atoms with Crippen molar-refractivity contribution in [1.29, 1.82) is 0 Å². The lowest BCUT2D eigenvalue weighted by Crippen LogP contribution is -2.38. The maximum Gasteiger partial charge on any atom is 0.471 e. The van der Waals surface area contributed by atoms with Gasteiger partial charge in [-0.2, -0.15) is 13.2 Å². The molecule has 3 aromatic rings. The van der Waals surface area contributed by atoms with Gasteiger partial charge in [-0.1, -0.05) is 22.0 Å². The molecule has 0 aliphatic carbocycles. The van der Waals surface area contributed by atoms with Gasteiger partial charge < -0.3 is 9.32 Å². The number of alkyl halides is 3. The van der Waals surface area contributed by atoms with Crippen LogP contribution < -0.4 is 4.90 Å². The number of nitrogens with zero attached hydrogens (tertiary/aromatic N) is 2. The van der Waals surface area contributed by atoms with Crippen molar-refractivity contribution < 1.29 is 22.4 Å². The molecule has 3 rings (SSSR count). The minimum atomic E-state index is -4.94. The highest BCUT2D eigenvalue weighted by Gasteiger charge is 2.41. The molecule has 0 aliphatic heterocycles. The summed E-state index contributed by atoms with van der Waals surface area (Å²) >= 11 is 3.35.